The summed E-state index contributed by atoms with van der Waals surface area (Å²) in [7, 11) is 0. The van der Waals surface area contributed by atoms with E-state index in [1.807, 2.05) is 6.07 Å². The number of halogens is 1. The normalized spacial score (nSPS) is 14.3. The van der Waals surface area contributed by atoms with E-state index < -0.39 is 5.97 Å². The molecule has 0 N–H and O–H groups in total. The zero-order valence-electron chi connectivity index (χ0n) is 19.0. The fourth-order valence-corrected chi connectivity index (χ4v) is 4.37. The summed E-state index contributed by atoms with van der Waals surface area (Å²) >= 11 is 1.29. The van der Waals surface area contributed by atoms with E-state index in [1.165, 1.54) is 24.1 Å². The van der Waals surface area contributed by atoms with Crippen LogP contribution in [0.4, 0.5) is 4.39 Å². The van der Waals surface area contributed by atoms with Crippen LogP contribution in [0.15, 0.2) is 52.1 Å². The number of hydrogen-bond acceptors (Lipinski definition) is 8. The van der Waals surface area contributed by atoms with Crippen LogP contribution in [0.2, 0.25) is 0 Å². The highest BCUT2D eigenvalue weighted by atomic mass is 32.2. The van der Waals surface area contributed by atoms with Crippen molar-refractivity contribution in [1.82, 2.24) is 19.8 Å². The maximum Gasteiger partial charge on any atom is 0.343 e. The Hall–Kier alpha value is -3.24. The summed E-state index contributed by atoms with van der Waals surface area (Å²) in [5.74, 6) is -0.251. The number of carbonyl (C=O) groups is 2. The van der Waals surface area contributed by atoms with Crippen LogP contribution < -0.4 is 0 Å². The number of rotatable bonds is 7. The molecule has 1 aromatic carbocycles. The molecule has 0 spiro atoms. The number of piperazine rings is 1. The number of aromatic nitrogens is 2. The number of esters is 1. The SMILES string of the molecule is CSc1nc(-c2ccco2)nc(C)c1C(=O)OCC(=O)N1CCN(Cc2ccccc2F)CC1. The number of ether oxygens (including phenoxy) is 1. The minimum absolute atomic E-state index is 0.228. The van der Waals surface area contributed by atoms with Crippen LogP contribution in [0, 0.1) is 12.7 Å². The van der Waals surface area contributed by atoms with Gasteiger partial charge < -0.3 is 14.1 Å². The maximum atomic E-state index is 13.9. The number of carbonyl (C=O) groups excluding carboxylic acids is 2. The van der Waals surface area contributed by atoms with E-state index in [2.05, 4.69) is 14.9 Å². The first-order valence-corrected chi connectivity index (χ1v) is 12.1. The van der Waals surface area contributed by atoms with Gasteiger partial charge in [-0.15, -0.1) is 11.8 Å². The number of amides is 1. The summed E-state index contributed by atoms with van der Waals surface area (Å²) in [5, 5.41) is 0.457. The van der Waals surface area contributed by atoms with Gasteiger partial charge in [-0.3, -0.25) is 9.69 Å². The highest BCUT2D eigenvalue weighted by Gasteiger charge is 2.25. The molecule has 1 fully saturated rings. The Morgan fingerprint density at radius 1 is 1.12 bits per heavy atom. The lowest BCUT2D eigenvalue weighted by molar-refractivity contribution is -0.136. The third kappa shape index (κ3) is 5.45. The average Bonchev–Trinajstić information content (AvgIpc) is 3.39. The van der Waals surface area contributed by atoms with E-state index in [0.717, 1.165) is 0 Å². The lowest BCUT2D eigenvalue weighted by Crippen LogP contribution is -2.49. The third-order valence-electron chi connectivity index (χ3n) is 5.60. The lowest BCUT2D eigenvalue weighted by atomic mass is 10.2. The van der Waals surface area contributed by atoms with Crippen molar-refractivity contribution in [3.05, 3.63) is 65.3 Å². The van der Waals surface area contributed by atoms with Gasteiger partial charge in [0.1, 0.15) is 16.4 Å². The molecule has 10 heteroatoms. The molecule has 3 aromatic rings. The fourth-order valence-electron chi connectivity index (χ4n) is 3.76. The molecular weight excluding hydrogens is 459 g/mol. The molecule has 8 nitrogen and oxygen atoms in total. The van der Waals surface area contributed by atoms with Gasteiger partial charge in [0.05, 0.1) is 12.0 Å². The predicted octanol–water partition coefficient (Wildman–Crippen LogP) is 3.41. The monoisotopic (exact) mass is 484 g/mol. The maximum absolute atomic E-state index is 13.9. The van der Waals surface area contributed by atoms with Gasteiger partial charge >= 0.3 is 5.97 Å². The van der Waals surface area contributed by atoms with Crippen molar-refractivity contribution < 1.29 is 23.1 Å². The second kappa shape index (κ2) is 10.8. The summed E-state index contributed by atoms with van der Waals surface area (Å²) in [4.78, 5) is 37.9. The Kier molecular flexibility index (Phi) is 7.59. The quantitative estimate of drug-likeness (QED) is 0.286. The molecule has 0 aliphatic carbocycles. The molecule has 0 radical (unpaired) electrons. The molecule has 4 rings (SSSR count). The molecule has 0 unspecified atom stereocenters. The first-order valence-electron chi connectivity index (χ1n) is 10.8. The zero-order valence-corrected chi connectivity index (χ0v) is 19.8. The molecule has 0 saturated carbocycles. The van der Waals surface area contributed by atoms with Gasteiger partial charge in [0.15, 0.2) is 18.2 Å². The zero-order chi connectivity index (χ0) is 24.1. The lowest BCUT2D eigenvalue weighted by Gasteiger charge is -2.34. The summed E-state index contributed by atoms with van der Waals surface area (Å²) in [5.41, 5.74) is 1.33. The van der Waals surface area contributed by atoms with Gasteiger partial charge in [0, 0.05) is 38.3 Å². The van der Waals surface area contributed by atoms with Gasteiger partial charge in [-0.1, -0.05) is 18.2 Å². The standard InChI is InChI=1S/C24H25FN4O4S/c1-16-21(23(34-2)27-22(26-16)19-8-5-13-32-19)24(31)33-15-20(30)29-11-9-28(10-12-29)14-17-6-3-4-7-18(17)25/h3-8,13H,9-12,14-15H2,1-2H3. The largest absolute Gasteiger partial charge is 0.461 e. The second-order valence-corrected chi connectivity index (χ2v) is 8.61. The molecule has 1 aliphatic rings. The van der Waals surface area contributed by atoms with Crippen LogP contribution in [0.3, 0.4) is 0 Å². The molecule has 2 aromatic heterocycles. The Labute approximate surface area is 201 Å². The Morgan fingerprint density at radius 2 is 1.88 bits per heavy atom. The predicted molar refractivity (Wildman–Crippen MR) is 125 cm³/mol. The van der Waals surface area contributed by atoms with E-state index in [9.17, 15) is 14.0 Å². The van der Waals surface area contributed by atoms with Crippen LogP contribution in [0.25, 0.3) is 11.6 Å². The van der Waals surface area contributed by atoms with Crippen molar-refractivity contribution >= 4 is 23.6 Å². The first kappa shape index (κ1) is 23.9. The van der Waals surface area contributed by atoms with Crippen LogP contribution in [0.5, 0.6) is 0 Å². The van der Waals surface area contributed by atoms with Gasteiger partial charge in [0.2, 0.25) is 0 Å². The van der Waals surface area contributed by atoms with E-state index in [-0.39, 0.29) is 23.9 Å². The topological polar surface area (TPSA) is 88.8 Å². The fraction of sp³-hybridized carbons (Fsp3) is 0.333. The van der Waals surface area contributed by atoms with Crippen molar-refractivity contribution in [2.24, 2.45) is 0 Å². The minimum atomic E-state index is -0.639. The van der Waals surface area contributed by atoms with E-state index in [0.29, 0.717) is 60.6 Å². The second-order valence-electron chi connectivity index (χ2n) is 7.82. The number of furan rings is 1. The third-order valence-corrected chi connectivity index (χ3v) is 6.28. The van der Waals surface area contributed by atoms with Crippen LogP contribution >= 0.6 is 11.8 Å². The van der Waals surface area contributed by atoms with Gasteiger partial charge in [-0.2, -0.15) is 0 Å². The highest BCUT2D eigenvalue weighted by molar-refractivity contribution is 7.98. The van der Waals surface area contributed by atoms with Crippen LogP contribution in [-0.2, 0) is 16.1 Å². The van der Waals surface area contributed by atoms with Crippen molar-refractivity contribution in [1.29, 1.82) is 0 Å². The molecule has 1 amide bonds. The van der Waals surface area contributed by atoms with E-state index in [1.54, 1.807) is 42.3 Å². The molecule has 34 heavy (non-hydrogen) atoms. The first-order chi connectivity index (χ1) is 16.5. The van der Waals surface area contributed by atoms with E-state index >= 15 is 0 Å². The van der Waals surface area contributed by atoms with Gasteiger partial charge in [-0.05, 0) is 31.4 Å². The summed E-state index contributed by atoms with van der Waals surface area (Å²) < 4.78 is 24.6. The molecule has 0 bridgehead atoms. The number of nitrogens with zero attached hydrogens (tertiary/aromatic N) is 4. The molecule has 178 valence electrons. The summed E-state index contributed by atoms with van der Waals surface area (Å²) in [6, 6.07) is 10.2. The average molecular weight is 485 g/mol. The number of hydrogen-bond donors (Lipinski definition) is 0. The number of benzene rings is 1. The van der Waals surface area contributed by atoms with Gasteiger partial charge in [0.25, 0.3) is 5.91 Å². The molecular formula is C24H25FN4O4S. The van der Waals surface area contributed by atoms with Crippen molar-refractivity contribution in [3.8, 4) is 11.6 Å². The molecule has 1 saturated heterocycles. The Morgan fingerprint density at radius 3 is 2.56 bits per heavy atom. The number of thioether (sulfide) groups is 1. The highest BCUT2D eigenvalue weighted by Crippen LogP contribution is 2.25. The molecule has 1 aliphatic heterocycles. The summed E-state index contributed by atoms with van der Waals surface area (Å²) in [6.45, 7) is 4.04. The smallest absolute Gasteiger partial charge is 0.343 e. The van der Waals surface area contributed by atoms with Crippen molar-refractivity contribution in [2.75, 3.05) is 39.0 Å². The number of aryl methyl sites for hydroxylation is 1. The van der Waals surface area contributed by atoms with Crippen molar-refractivity contribution in [2.45, 2.75) is 18.5 Å². The minimum Gasteiger partial charge on any atom is -0.461 e. The Balaban J connectivity index is 1.32. The molecule has 0 atom stereocenters. The van der Waals surface area contributed by atoms with Crippen LogP contribution in [0.1, 0.15) is 21.6 Å². The van der Waals surface area contributed by atoms with Gasteiger partial charge in [-0.25, -0.2) is 19.2 Å². The summed E-state index contributed by atoms with van der Waals surface area (Å²) in [6.07, 6.45) is 3.33. The van der Waals surface area contributed by atoms with Crippen molar-refractivity contribution in [3.63, 3.8) is 0 Å². The molecule has 3 heterocycles. The van der Waals surface area contributed by atoms with Crippen LogP contribution in [-0.4, -0.2) is 70.7 Å². The Bertz CT molecular complexity index is 1160. The van der Waals surface area contributed by atoms with E-state index in [4.69, 9.17) is 9.15 Å².